The highest BCUT2D eigenvalue weighted by atomic mass is 19.4. The number of anilines is 3. The van der Waals surface area contributed by atoms with E-state index in [-0.39, 0.29) is 16.9 Å². The van der Waals surface area contributed by atoms with E-state index in [2.05, 4.69) is 35.6 Å². The number of carbonyl (C=O) groups is 1. The minimum atomic E-state index is -4.59. The van der Waals surface area contributed by atoms with Crippen LogP contribution in [0.4, 0.5) is 30.5 Å². The minimum Gasteiger partial charge on any atom is -0.324 e. The third-order valence-electron chi connectivity index (χ3n) is 5.49. The maximum Gasteiger partial charge on any atom is 0.416 e. The van der Waals surface area contributed by atoms with Crippen LogP contribution in [0.3, 0.4) is 0 Å². The van der Waals surface area contributed by atoms with E-state index >= 15 is 0 Å². The molecule has 0 aliphatic carbocycles. The zero-order valence-corrected chi connectivity index (χ0v) is 19.8. The average Bonchev–Trinajstić information content (AvgIpc) is 3.35. The second-order valence-corrected chi connectivity index (χ2v) is 8.12. The quantitative estimate of drug-likeness (QED) is 0.309. The number of aryl methyl sites for hydroxylation is 1. The van der Waals surface area contributed by atoms with E-state index < -0.39 is 17.6 Å². The SMILES string of the molecule is Cc1nccn1-c1cc(NC(=O)c2ccc(Nc3nccc(-c4cnccn4)n3)cc2)cc(C(F)(F)F)c1. The number of benzene rings is 2. The Labute approximate surface area is 214 Å². The highest BCUT2D eigenvalue weighted by Gasteiger charge is 2.31. The second-order valence-electron chi connectivity index (χ2n) is 8.12. The topological polar surface area (TPSA) is 111 Å². The van der Waals surface area contributed by atoms with Crippen LogP contribution in [0.1, 0.15) is 21.7 Å². The lowest BCUT2D eigenvalue weighted by atomic mass is 10.1. The summed E-state index contributed by atoms with van der Waals surface area (Å²) in [7, 11) is 0. The van der Waals surface area contributed by atoms with Gasteiger partial charge in [-0.3, -0.25) is 14.8 Å². The molecule has 2 N–H and O–H groups in total. The third-order valence-corrected chi connectivity index (χ3v) is 5.49. The average molecular weight is 516 g/mol. The van der Waals surface area contributed by atoms with Crippen LogP contribution in [0, 0.1) is 6.92 Å². The first-order valence-electron chi connectivity index (χ1n) is 11.3. The van der Waals surface area contributed by atoms with Crippen LogP contribution in [-0.4, -0.2) is 35.4 Å². The van der Waals surface area contributed by atoms with E-state index in [0.29, 0.717) is 28.8 Å². The number of hydrogen-bond acceptors (Lipinski definition) is 7. The van der Waals surface area contributed by atoms with Gasteiger partial charge in [-0.05, 0) is 55.5 Å². The molecule has 3 aromatic heterocycles. The number of amides is 1. The molecule has 3 heterocycles. The van der Waals surface area contributed by atoms with Crippen LogP contribution < -0.4 is 10.6 Å². The van der Waals surface area contributed by atoms with Gasteiger partial charge in [0.15, 0.2) is 0 Å². The van der Waals surface area contributed by atoms with Crippen molar-refractivity contribution in [2.24, 2.45) is 0 Å². The number of hydrogen-bond donors (Lipinski definition) is 2. The number of nitrogens with one attached hydrogen (secondary N) is 2. The van der Waals surface area contributed by atoms with E-state index in [1.165, 1.54) is 16.8 Å². The first kappa shape index (κ1) is 24.6. The van der Waals surface area contributed by atoms with Gasteiger partial charge in [-0.25, -0.2) is 15.0 Å². The summed E-state index contributed by atoms with van der Waals surface area (Å²) in [5.74, 6) is 0.262. The van der Waals surface area contributed by atoms with E-state index in [0.717, 1.165) is 12.1 Å². The van der Waals surface area contributed by atoms with Gasteiger partial charge < -0.3 is 15.2 Å². The Morgan fingerprint density at radius 2 is 1.68 bits per heavy atom. The Morgan fingerprint density at radius 1 is 0.868 bits per heavy atom. The molecule has 5 rings (SSSR count). The summed E-state index contributed by atoms with van der Waals surface area (Å²) in [5, 5.41) is 5.60. The molecule has 38 heavy (non-hydrogen) atoms. The maximum absolute atomic E-state index is 13.5. The molecule has 12 heteroatoms. The molecule has 2 aromatic carbocycles. The maximum atomic E-state index is 13.5. The highest BCUT2D eigenvalue weighted by Crippen LogP contribution is 2.33. The number of imidazole rings is 1. The van der Waals surface area contributed by atoms with Gasteiger partial charge in [0.2, 0.25) is 5.95 Å². The fourth-order valence-corrected chi connectivity index (χ4v) is 3.67. The van der Waals surface area contributed by atoms with Gasteiger partial charge in [0.05, 0.1) is 17.5 Å². The van der Waals surface area contributed by atoms with Gasteiger partial charge in [-0.2, -0.15) is 13.2 Å². The standard InChI is InChI=1S/C26H19F3N8O/c1-16-31-10-11-37(16)21-13-18(26(27,28)29)12-20(14-21)34-24(38)17-2-4-19(5-3-17)35-25-33-7-6-22(36-25)23-15-30-8-9-32-23/h2-15H,1H3,(H,34,38)(H,33,35,36). The van der Waals surface area contributed by atoms with Crippen LogP contribution in [0.2, 0.25) is 0 Å². The van der Waals surface area contributed by atoms with Crippen LogP contribution in [0.25, 0.3) is 17.1 Å². The van der Waals surface area contributed by atoms with Crippen LogP contribution in [0.15, 0.2) is 85.7 Å². The Hall–Kier alpha value is -5.13. The normalized spacial score (nSPS) is 11.3. The molecule has 0 aliphatic rings. The fourth-order valence-electron chi connectivity index (χ4n) is 3.67. The summed E-state index contributed by atoms with van der Waals surface area (Å²) >= 11 is 0. The van der Waals surface area contributed by atoms with Gasteiger partial charge in [0.1, 0.15) is 11.5 Å². The van der Waals surface area contributed by atoms with Crippen LogP contribution >= 0.6 is 0 Å². The van der Waals surface area contributed by atoms with E-state index in [4.69, 9.17) is 0 Å². The number of rotatable bonds is 6. The van der Waals surface area contributed by atoms with Crippen molar-refractivity contribution in [1.29, 1.82) is 0 Å². The number of nitrogens with zero attached hydrogens (tertiary/aromatic N) is 6. The first-order valence-corrected chi connectivity index (χ1v) is 11.3. The van der Waals surface area contributed by atoms with E-state index in [1.807, 2.05) is 0 Å². The molecule has 0 unspecified atom stereocenters. The summed E-state index contributed by atoms with van der Waals surface area (Å²) in [4.78, 5) is 33.7. The monoisotopic (exact) mass is 516 g/mol. The number of alkyl halides is 3. The number of aromatic nitrogens is 6. The summed E-state index contributed by atoms with van der Waals surface area (Å²) in [6, 6.07) is 11.4. The number of carbonyl (C=O) groups excluding carboxylic acids is 1. The van der Waals surface area contributed by atoms with Gasteiger partial charge in [0.25, 0.3) is 5.91 Å². The zero-order valence-electron chi connectivity index (χ0n) is 19.8. The molecule has 0 radical (unpaired) electrons. The Bertz CT molecular complexity index is 1580. The van der Waals surface area contributed by atoms with Crippen molar-refractivity contribution in [3.8, 4) is 17.1 Å². The molecule has 190 valence electrons. The van der Waals surface area contributed by atoms with Gasteiger partial charge in [-0.1, -0.05) is 0 Å². The van der Waals surface area contributed by atoms with Crippen molar-refractivity contribution in [1.82, 2.24) is 29.5 Å². The lowest BCUT2D eigenvalue weighted by molar-refractivity contribution is -0.137. The van der Waals surface area contributed by atoms with Gasteiger partial charge in [-0.15, -0.1) is 0 Å². The van der Waals surface area contributed by atoms with Crippen molar-refractivity contribution in [3.63, 3.8) is 0 Å². The molecule has 0 saturated carbocycles. The van der Waals surface area contributed by atoms with Crippen molar-refractivity contribution >= 4 is 23.2 Å². The van der Waals surface area contributed by atoms with E-state index in [9.17, 15) is 18.0 Å². The van der Waals surface area contributed by atoms with Crippen molar-refractivity contribution in [3.05, 3.63) is 103 Å². The molecule has 0 saturated heterocycles. The summed E-state index contributed by atoms with van der Waals surface area (Å²) in [5.41, 5.74) is 1.38. The zero-order chi connectivity index (χ0) is 26.7. The van der Waals surface area contributed by atoms with E-state index in [1.54, 1.807) is 68.2 Å². The smallest absolute Gasteiger partial charge is 0.324 e. The lowest BCUT2D eigenvalue weighted by Gasteiger charge is -2.14. The van der Waals surface area contributed by atoms with Crippen LogP contribution in [0.5, 0.6) is 0 Å². The Balaban J connectivity index is 1.33. The lowest BCUT2D eigenvalue weighted by Crippen LogP contribution is -2.14. The molecule has 0 fully saturated rings. The summed E-state index contributed by atoms with van der Waals surface area (Å²) < 4.78 is 42.1. The second kappa shape index (κ2) is 10.1. The predicted molar refractivity (Wildman–Crippen MR) is 134 cm³/mol. The Morgan fingerprint density at radius 3 is 2.37 bits per heavy atom. The molecule has 9 nitrogen and oxygen atoms in total. The largest absolute Gasteiger partial charge is 0.416 e. The van der Waals surface area contributed by atoms with Crippen LogP contribution in [-0.2, 0) is 6.18 Å². The van der Waals surface area contributed by atoms with Gasteiger partial charge >= 0.3 is 6.18 Å². The fraction of sp³-hybridized carbons (Fsp3) is 0.0769. The highest BCUT2D eigenvalue weighted by molar-refractivity contribution is 6.04. The molecule has 0 aliphatic heterocycles. The van der Waals surface area contributed by atoms with Gasteiger partial charge in [0, 0.05) is 53.6 Å². The molecule has 0 atom stereocenters. The first-order chi connectivity index (χ1) is 18.3. The predicted octanol–water partition coefficient (Wildman–Crippen LogP) is 5.44. The molecule has 1 amide bonds. The molecule has 0 spiro atoms. The van der Waals surface area contributed by atoms with Crippen molar-refractivity contribution in [2.45, 2.75) is 13.1 Å². The number of halogens is 3. The molecular weight excluding hydrogens is 497 g/mol. The third kappa shape index (κ3) is 5.48. The summed E-state index contributed by atoms with van der Waals surface area (Å²) in [6.07, 6.45) is 4.74. The minimum absolute atomic E-state index is 0.00403. The molecule has 5 aromatic rings. The van der Waals surface area contributed by atoms with Crippen molar-refractivity contribution < 1.29 is 18.0 Å². The summed E-state index contributed by atoms with van der Waals surface area (Å²) in [6.45, 7) is 1.67. The Kier molecular flexibility index (Phi) is 6.52. The molecule has 0 bridgehead atoms. The molecular formula is C26H19F3N8O. The van der Waals surface area contributed by atoms with Crippen molar-refractivity contribution in [2.75, 3.05) is 10.6 Å².